The number of hydrogen-bond acceptors (Lipinski definition) is 9. The van der Waals surface area contributed by atoms with Crippen LogP contribution in [-0.2, 0) is 39.8 Å². The van der Waals surface area contributed by atoms with Gasteiger partial charge in [-0.1, -0.05) is 43.9 Å². The van der Waals surface area contributed by atoms with Crippen LogP contribution in [0.2, 0.25) is 42.8 Å². The SMILES string of the molecule is CO[Si](CCCC[Si](C)(CCC[Si](OC)(OC)OC)CCC[Si](OC)(OC)OC)(OC)OC. The molecule has 0 heterocycles. The Hall–Kier alpha value is 0.508. The molecular weight excluding hydrogens is 497 g/mol. The van der Waals surface area contributed by atoms with Gasteiger partial charge in [-0.2, -0.15) is 0 Å². The number of hydrogen-bond donors (Lipinski definition) is 0. The molecule has 0 saturated carbocycles. The highest BCUT2D eigenvalue weighted by atomic mass is 28.4. The monoisotopic (exact) mass is 546 g/mol. The van der Waals surface area contributed by atoms with Gasteiger partial charge in [0.05, 0.1) is 8.07 Å². The van der Waals surface area contributed by atoms with Crippen LogP contribution in [0.1, 0.15) is 25.7 Å². The molecule has 0 aromatic carbocycles. The van der Waals surface area contributed by atoms with E-state index in [-0.39, 0.29) is 0 Å². The van der Waals surface area contributed by atoms with Crippen molar-refractivity contribution in [1.82, 2.24) is 0 Å². The average Bonchev–Trinajstić information content (AvgIpc) is 2.86. The molecule has 0 spiro atoms. The molecule has 0 aromatic rings. The van der Waals surface area contributed by atoms with Crippen molar-refractivity contribution in [3.05, 3.63) is 0 Å². The van der Waals surface area contributed by atoms with Crippen LogP contribution >= 0.6 is 0 Å². The first-order chi connectivity index (χ1) is 15.7. The first kappa shape index (κ1) is 33.5. The van der Waals surface area contributed by atoms with E-state index in [1.807, 2.05) is 0 Å². The average molecular weight is 547 g/mol. The van der Waals surface area contributed by atoms with E-state index in [0.29, 0.717) is 0 Å². The van der Waals surface area contributed by atoms with Crippen LogP contribution in [0, 0.1) is 0 Å². The summed E-state index contributed by atoms with van der Waals surface area (Å²) in [5, 5.41) is 0. The molecule has 0 rings (SSSR count). The van der Waals surface area contributed by atoms with Crippen molar-refractivity contribution < 1.29 is 39.8 Å². The lowest BCUT2D eigenvalue weighted by molar-refractivity contribution is 0.122. The maximum Gasteiger partial charge on any atom is 0.500 e. The zero-order valence-corrected chi connectivity index (χ0v) is 26.7. The fraction of sp³-hybridized carbons (Fsp3) is 1.00. The van der Waals surface area contributed by atoms with Gasteiger partial charge in [0.15, 0.2) is 0 Å². The molecule has 0 radical (unpaired) electrons. The van der Waals surface area contributed by atoms with E-state index >= 15 is 0 Å². The van der Waals surface area contributed by atoms with Gasteiger partial charge < -0.3 is 39.8 Å². The van der Waals surface area contributed by atoms with Crippen molar-refractivity contribution in [2.75, 3.05) is 64.0 Å². The normalized spacial score (nSPS) is 13.6. The highest BCUT2D eigenvalue weighted by Gasteiger charge is 2.41. The van der Waals surface area contributed by atoms with Crippen LogP contribution in [0.4, 0.5) is 0 Å². The minimum atomic E-state index is -2.55. The van der Waals surface area contributed by atoms with Gasteiger partial charge in [0.1, 0.15) is 0 Å². The highest BCUT2D eigenvalue weighted by Crippen LogP contribution is 2.32. The van der Waals surface area contributed by atoms with Gasteiger partial charge in [-0.25, -0.2) is 0 Å². The van der Waals surface area contributed by atoms with E-state index in [0.717, 1.165) is 43.8 Å². The summed E-state index contributed by atoms with van der Waals surface area (Å²) in [6.45, 7) is 2.51. The van der Waals surface area contributed by atoms with Crippen LogP contribution in [0.3, 0.4) is 0 Å². The van der Waals surface area contributed by atoms with Crippen LogP contribution in [0.25, 0.3) is 0 Å². The third kappa shape index (κ3) is 11.0. The Labute approximate surface area is 206 Å². The Balaban J connectivity index is 5.09. The van der Waals surface area contributed by atoms with E-state index in [1.54, 1.807) is 64.0 Å². The van der Waals surface area contributed by atoms with Gasteiger partial charge in [-0.15, -0.1) is 0 Å². The third-order valence-electron chi connectivity index (χ3n) is 6.84. The molecule has 13 heteroatoms. The van der Waals surface area contributed by atoms with E-state index < -0.39 is 34.5 Å². The Morgan fingerprint density at radius 2 is 0.545 bits per heavy atom. The molecule has 0 aromatic heterocycles. The molecule has 0 aliphatic carbocycles. The van der Waals surface area contributed by atoms with E-state index in [1.165, 1.54) is 18.1 Å². The van der Waals surface area contributed by atoms with E-state index in [4.69, 9.17) is 39.8 Å². The second kappa shape index (κ2) is 17.0. The van der Waals surface area contributed by atoms with Gasteiger partial charge in [0, 0.05) is 82.1 Å². The van der Waals surface area contributed by atoms with Crippen molar-refractivity contribution in [2.24, 2.45) is 0 Å². The zero-order chi connectivity index (χ0) is 25.4. The third-order valence-corrected chi connectivity index (χ3v) is 20.0. The second-order valence-electron chi connectivity index (χ2n) is 8.61. The molecule has 0 bridgehead atoms. The molecule has 0 unspecified atom stereocenters. The largest absolute Gasteiger partial charge is 0.500 e. The molecule has 9 nitrogen and oxygen atoms in total. The minimum Gasteiger partial charge on any atom is -0.377 e. The number of unbranched alkanes of at least 4 members (excludes halogenated alkanes) is 1. The van der Waals surface area contributed by atoms with Crippen molar-refractivity contribution in [2.45, 2.75) is 68.5 Å². The maximum absolute atomic E-state index is 5.62. The summed E-state index contributed by atoms with van der Waals surface area (Å²) in [5.74, 6) is 0. The quantitative estimate of drug-likeness (QED) is 0.146. The molecule has 200 valence electrons. The molecule has 0 aliphatic heterocycles. The molecule has 0 aliphatic rings. The van der Waals surface area contributed by atoms with Gasteiger partial charge in [-0.05, 0) is 6.42 Å². The molecule has 0 atom stereocenters. The first-order valence-electron chi connectivity index (χ1n) is 11.6. The van der Waals surface area contributed by atoms with Crippen LogP contribution in [0.15, 0.2) is 0 Å². The van der Waals surface area contributed by atoms with Gasteiger partial charge in [-0.3, -0.25) is 0 Å². The predicted octanol–water partition coefficient (Wildman–Crippen LogP) is 4.26. The molecule has 0 fully saturated rings. The van der Waals surface area contributed by atoms with Crippen LogP contribution < -0.4 is 0 Å². The van der Waals surface area contributed by atoms with E-state index in [9.17, 15) is 0 Å². The Morgan fingerprint density at radius 3 is 0.818 bits per heavy atom. The van der Waals surface area contributed by atoms with Crippen molar-refractivity contribution in [3.63, 3.8) is 0 Å². The maximum atomic E-state index is 5.62. The smallest absolute Gasteiger partial charge is 0.377 e. The fourth-order valence-electron chi connectivity index (χ4n) is 4.40. The van der Waals surface area contributed by atoms with Gasteiger partial charge in [0.2, 0.25) is 0 Å². The lowest BCUT2D eigenvalue weighted by Gasteiger charge is -2.32. The van der Waals surface area contributed by atoms with Gasteiger partial charge >= 0.3 is 26.4 Å². The van der Waals surface area contributed by atoms with Crippen molar-refractivity contribution in [3.8, 4) is 0 Å². The first-order valence-corrected chi connectivity index (χ1v) is 20.5. The molecule has 0 amide bonds. The van der Waals surface area contributed by atoms with E-state index in [2.05, 4.69) is 6.55 Å². The summed E-state index contributed by atoms with van der Waals surface area (Å²) in [5.41, 5.74) is 0. The lowest BCUT2D eigenvalue weighted by Crippen LogP contribution is -2.44. The number of rotatable bonds is 22. The van der Waals surface area contributed by atoms with Gasteiger partial charge in [0.25, 0.3) is 0 Å². The standard InChI is InChI=1S/C20H50O9Si4/c1-21-31(22-2,23-3)18-12-11-15-30(10,16-13-19-32(24-4,25-5)26-6)17-14-20-33(27-7,28-8)29-9/h11-20H2,1-10H3. The predicted molar refractivity (Wildman–Crippen MR) is 139 cm³/mol. The minimum absolute atomic E-state index is 0.832. The lowest BCUT2D eigenvalue weighted by atomic mass is 10.4. The van der Waals surface area contributed by atoms with Crippen LogP contribution in [-0.4, -0.2) is 98.5 Å². The Bertz CT molecular complexity index is 439. The molecule has 33 heavy (non-hydrogen) atoms. The topological polar surface area (TPSA) is 83.1 Å². The molecular formula is C20H50O9Si4. The second-order valence-corrected chi connectivity index (χ2v) is 23.0. The molecule has 0 saturated heterocycles. The zero-order valence-electron chi connectivity index (χ0n) is 22.7. The fourth-order valence-corrected chi connectivity index (χ4v) is 14.3. The summed E-state index contributed by atoms with van der Waals surface area (Å²) in [7, 11) is 5.93. The van der Waals surface area contributed by atoms with Crippen molar-refractivity contribution in [1.29, 1.82) is 0 Å². The van der Waals surface area contributed by atoms with Crippen LogP contribution in [0.5, 0.6) is 0 Å². The van der Waals surface area contributed by atoms with Crippen molar-refractivity contribution >= 4 is 34.5 Å². The highest BCUT2D eigenvalue weighted by molar-refractivity contribution is 6.78. The summed E-state index contributed by atoms with van der Waals surface area (Å²) in [4.78, 5) is 0. The molecule has 0 N–H and O–H groups in total. The summed E-state index contributed by atoms with van der Waals surface area (Å²) >= 11 is 0. The summed E-state index contributed by atoms with van der Waals surface area (Å²) < 4.78 is 50.5. The Morgan fingerprint density at radius 1 is 0.333 bits per heavy atom. The summed E-state index contributed by atoms with van der Waals surface area (Å²) in [6, 6.07) is 6.12. The Kier molecular flexibility index (Phi) is 17.3. The summed E-state index contributed by atoms with van der Waals surface area (Å²) in [6.07, 6.45) is 4.25.